The highest BCUT2D eigenvalue weighted by molar-refractivity contribution is 5.97. The summed E-state index contributed by atoms with van der Waals surface area (Å²) in [5.41, 5.74) is 0.582. The third kappa shape index (κ3) is 7.35. The van der Waals surface area contributed by atoms with Crippen LogP contribution >= 0.6 is 0 Å². The van der Waals surface area contributed by atoms with Crippen LogP contribution in [0.5, 0.6) is 0 Å². The van der Waals surface area contributed by atoms with E-state index in [0.29, 0.717) is 17.4 Å². The molecule has 2 aromatic rings. The standard InChI is InChI=1S/C29H34N2O5/c1-28(2,3)36-27(34)31-29(4,5)24(26(33)35-6)30-25(32)21-15-12-19(13-16-21)14-17-22-18-23(22)20-10-8-7-9-11-20/h7-13,15-16,22-24H,18H2,1-6H3,(H,30,32)(H,31,34)/t22?,23?,24-/m1/s1. The molecule has 0 saturated heterocycles. The Morgan fingerprint density at radius 1 is 0.972 bits per heavy atom. The first kappa shape index (κ1) is 26.8. The summed E-state index contributed by atoms with van der Waals surface area (Å²) in [5, 5.41) is 5.32. The second kappa shape index (κ2) is 10.9. The molecule has 190 valence electrons. The van der Waals surface area contributed by atoms with E-state index >= 15 is 0 Å². The van der Waals surface area contributed by atoms with E-state index in [1.54, 1.807) is 58.9 Å². The summed E-state index contributed by atoms with van der Waals surface area (Å²) in [7, 11) is 1.22. The van der Waals surface area contributed by atoms with Gasteiger partial charge in [0.15, 0.2) is 0 Å². The lowest BCUT2D eigenvalue weighted by Gasteiger charge is -2.34. The number of hydrogen-bond donors (Lipinski definition) is 2. The Bertz CT molecular complexity index is 1150. The molecule has 3 rings (SSSR count). The van der Waals surface area contributed by atoms with Crippen LogP contribution in [0, 0.1) is 17.8 Å². The van der Waals surface area contributed by atoms with Crippen molar-refractivity contribution >= 4 is 18.0 Å². The van der Waals surface area contributed by atoms with Crippen molar-refractivity contribution in [2.24, 2.45) is 5.92 Å². The minimum absolute atomic E-state index is 0.343. The Balaban J connectivity index is 1.64. The molecule has 2 unspecified atom stereocenters. The van der Waals surface area contributed by atoms with E-state index in [4.69, 9.17) is 9.47 Å². The number of carbonyl (C=O) groups excluding carboxylic acids is 3. The van der Waals surface area contributed by atoms with Gasteiger partial charge in [-0.05, 0) is 76.8 Å². The zero-order valence-electron chi connectivity index (χ0n) is 21.7. The molecule has 1 aliphatic carbocycles. The Kier molecular flexibility index (Phi) is 8.09. The number of nitrogens with one attached hydrogen (secondary N) is 2. The van der Waals surface area contributed by atoms with Crippen molar-refractivity contribution in [3.8, 4) is 11.8 Å². The average Bonchev–Trinajstić information content (AvgIpc) is 3.59. The van der Waals surface area contributed by atoms with E-state index in [2.05, 4.69) is 34.6 Å². The van der Waals surface area contributed by atoms with Gasteiger partial charge in [0, 0.05) is 17.0 Å². The van der Waals surface area contributed by atoms with Crippen molar-refractivity contribution in [3.05, 3.63) is 71.3 Å². The van der Waals surface area contributed by atoms with Gasteiger partial charge in [-0.15, -0.1) is 0 Å². The van der Waals surface area contributed by atoms with E-state index in [-0.39, 0.29) is 0 Å². The Morgan fingerprint density at radius 2 is 1.61 bits per heavy atom. The fourth-order valence-corrected chi connectivity index (χ4v) is 3.81. The molecule has 2 amide bonds. The lowest BCUT2D eigenvalue weighted by atomic mass is 9.94. The molecule has 3 atom stereocenters. The van der Waals surface area contributed by atoms with Crippen molar-refractivity contribution in [3.63, 3.8) is 0 Å². The zero-order chi connectivity index (χ0) is 26.5. The molecule has 7 nitrogen and oxygen atoms in total. The fraction of sp³-hybridized carbons (Fsp3) is 0.414. The third-order valence-corrected chi connectivity index (χ3v) is 5.82. The predicted octanol–water partition coefficient (Wildman–Crippen LogP) is 4.42. The first-order chi connectivity index (χ1) is 16.9. The van der Waals surface area contributed by atoms with Gasteiger partial charge >= 0.3 is 12.1 Å². The molecule has 1 fully saturated rings. The van der Waals surface area contributed by atoms with Crippen LogP contribution in [0.25, 0.3) is 0 Å². The maximum atomic E-state index is 12.9. The lowest BCUT2D eigenvalue weighted by molar-refractivity contribution is -0.144. The van der Waals surface area contributed by atoms with Crippen LogP contribution in [0.3, 0.4) is 0 Å². The van der Waals surface area contributed by atoms with Crippen molar-refractivity contribution in [2.45, 2.75) is 64.1 Å². The Labute approximate surface area is 212 Å². The quantitative estimate of drug-likeness (QED) is 0.462. The number of rotatable bonds is 6. The summed E-state index contributed by atoms with van der Waals surface area (Å²) in [4.78, 5) is 37.7. The Hall–Kier alpha value is -3.79. The third-order valence-electron chi connectivity index (χ3n) is 5.82. The minimum Gasteiger partial charge on any atom is -0.467 e. The number of benzene rings is 2. The highest BCUT2D eigenvalue weighted by Gasteiger charge is 2.40. The number of ether oxygens (including phenoxy) is 2. The van der Waals surface area contributed by atoms with Gasteiger partial charge in [0.25, 0.3) is 5.91 Å². The number of amides is 2. The van der Waals surface area contributed by atoms with Gasteiger partial charge in [0.05, 0.1) is 12.6 Å². The second-order valence-electron chi connectivity index (χ2n) is 10.5. The highest BCUT2D eigenvalue weighted by atomic mass is 16.6. The van der Waals surface area contributed by atoms with E-state index in [9.17, 15) is 14.4 Å². The summed E-state index contributed by atoms with van der Waals surface area (Å²) in [5.74, 6) is 6.16. The first-order valence-corrected chi connectivity index (χ1v) is 12.0. The molecule has 0 aromatic heterocycles. The number of methoxy groups -OCH3 is 1. The molecular weight excluding hydrogens is 456 g/mol. The van der Waals surface area contributed by atoms with Crippen LogP contribution in [-0.4, -0.2) is 42.3 Å². The number of hydrogen-bond acceptors (Lipinski definition) is 5. The van der Waals surface area contributed by atoms with E-state index in [1.165, 1.54) is 12.7 Å². The molecule has 36 heavy (non-hydrogen) atoms. The van der Waals surface area contributed by atoms with Crippen LogP contribution in [0.4, 0.5) is 4.79 Å². The molecule has 7 heteroatoms. The van der Waals surface area contributed by atoms with Gasteiger partial charge in [-0.3, -0.25) is 4.79 Å². The molecule has 0 radical (unpaired) electrons. The SMILES string of the molecule is COC(=O)[C@@H](NC(=O)c1ccc(C#CC2CC2c2ccccc2)cc1)C(C)(C)NC(=O)OC(C)(C)C. The van der Waals surface area contributed by atoms with Gasteiger partial charge in [0.1, 0.15) is 11.6 Å². The maximum absolute atomic E-state index is 12.9. The van der Waals surface area contributed by atoms with Gasteiger partial charge in [-0.25, -0.2) is 9.59 Å². The molecule has 0 spiro atoms. The van der Waals surface area contributed by atoms with E-state index in [1.807, 2.05) is 18.2 Å². The number of alkyl carbamates (subject to hydrolysis) is 1. The minimum atomic E-state index is -1.18. The largest absolute Gasteiger partial charge is 0.467 e. The molecule has 1 aliphatic rings. The van der Waals surface area contributed by atoms with Crippen molar-refractivity contribution in [1.82, 2.24) is 10.6 Å². The van der Waals surface area contributed by atoms with Crippen LogP contribution in [0.15, 0.2) is 54.6 Å². The summed E-state index contributed by atoms with van der Waals surface area (Å²) in [6, 6.07) is 16.1. The van der Waals surface area contributed by atoms with E-state index in [0.717, 1.165) is 12.0 Å². The number of carbonyl (C=O) groups is 3. The lowest BCUT2D eigenvalue weighted by Crippen LogP contribution is -2.62. The van der Waals surface area contributed by atoms with Gasteiger partial charge in [-0.1, -0.05) is 42.2 Å². The van der Waals surface area contributed by atoms with Crippen LogP contribution in [0.2, 0.25) is 0 Å². The Morgan fingerprint density at radius 3 is 2.19 bits per heavy atom. The van der Waals surface area contributed by atoms with Gasteiger partial charge in [0.2, 0.25) is 0 Å². The summed E-state index contributed by atoms with van der Waals surface area (Å²) in [6.07, 6.45) is 0.350. The second-order valence-corrected chi connectivity index (χ2v) is 10.5. The van der Waals surface area contributed by atoms with Crippen molar-refractivity contribution in [2.75, 3.05) is 7.11 Å². The highest BCUT2D eigenvalue weighted by Crippen LogP contribution is 2.46. The van der Waals surface area contributed by atoms with Crippen molar-refractivity contribution in [1.29, 1.82) is 0 Å². The molecule has 1 saturated carbocycles. The summed E-state index contributed by atoms with van der Waals surface area (Å²) >= 11 is 0. The summed E-state index contributed by atoms with van der Waals surface area (Å²) in [6.45, 7) is 8.43. The molecule has 2 N–H and O–H groups in total. The first-order valence-electron chi connectivity index (χ1n) is 12.0. The average molecular weight is 491 g/mol. The topological polar surface area (TPSA) is 93.7 Å². The van der Waals surface area contributed by atoms with Gasteiger partial charge < -0.3 is 20.1 Å². The number of esters is 1. The molecular formula is C29H34N2O5. The molecule has 0 bridgehead atoms. The smallest absolute Gasteiger partial charge is 0.408 e. The van der Waals surface area contributed by atoms with E-state index < -0.39 is 35.2 Å². The van der Waals surface area contributed by atoms with Crippen LogP contribution in [0.1, 0.15) is 68.4 Å². The monoisotopic (exact) mass is 490 g/mol. The predicted molar refractivity (Wildman–Crippen MR) is 137 cm³/mol. The maximum Gasteiger partial charge on any atom is 0.408 e. The summed E-state index contributed by atoms with van der Waals surface area (Å²) < 4.78 is 10.2. The fourth-order valence-electron chi connectivity index (χ4n) is 3.81. The molecule has 0 heterocycles. The zero-order valence-corrected chi connectivity index (χ0v) is 21.7. The van der Waals surface area contributed by atoms with Gasteiger partial charge in [-0.2, -0.15) is 0 Å². The van der Waals surface area contributed by atoms with Crippen molar-refractivity contribution < 1.29 is 23.9 Å². The normalized spacial score (nSPS) is 17.6. The van der Waals surface area contributed by atoms with Crippen LogP contribution in [-0.2, 0) is 14.3 Å². The molecule has 2 aromatic carbocycles. The van der Waals surface area contributed by atoms with Crippen LogP contribution < -0.4 is 10.6 Å². The molecule has 0 aliphatic heterocycles.